The van der Waals surface area contributed by atoms with Crippen molar-refractivity contribution < 1.29 is 0 Å². The summed E-state index contributed by atoms with van der Waals surface area (Å²) in [4.78, 5) is 0. The summed E-state index contributed by atoms with van der Waals surface area (Å²) in [7, 11) is 0. The van der Waals surface area contributed by atoms with Gasteiger partial charge < -0.3 is 5.32 Å². The van der Waals surface area contributed by atoms with Crippen LogP contribution in [0.15, 0.2) is 12.2 Å². The lowest BCUT2D eigenvalue weighted by Crippen LogP contribution is -2.23. The first-order valence-corrected chi connectivity index (χ1v) is 3.90. The summed E-state index contributed by atoms with van der Waals surface area (Å²) in [6.07, 6.45) is 0. The summed E-state index contributed by atoms with van der Waals surface area (Å²) in [6, 6.07) is 0. The first-order valence-electron chi connectivity index (χ1n) is 3.90. The van der Waals surface area contributed by atoms with Crippen molar-refractivity contribution in [2.75, 3.05) is 13.1 Å². The molecule has 58 valence electrons. The van der Waals surface area contributed by atoms with Crippen molar-refractivity contribution in [3.8, 4) is 0 Å². The first-order chi connectivity index (χ1) is 4.52. The normalized spacial score (nSPS) is 27.5. The fourth-order valence-corrected chi connectivity index (χ4v) is 1.56. The Bertz CT molecular complexity index is 141. The zero-order valence-corrected chi connectivity index (χ0v) is 7.20. The molecule has 0 amide bonds. The number of rotatable bonds is 0. The Labute approximate surface area is 63.5 Å². The Morgan fingerprint density at radius 3 is 2.30 bits per heavy atom. The van der Waals surface area contributed by atoms with Crippen molar-refractivity contribution in [1.82, 2.24) is 5.32 Å². The maximum absolute atomic E-state index is 4.04. The van der Waals surface area contributed by atoms with Crippen LogP contribution in [0.5, 0.6) is 0 Å². The van der Waals surface area contributed by atoms with Gasteiger partial charge in [-0.3, -0.25) is 0 Å². The summed E-state index contributed by atoms with van der Waals surface area (Å²) in [5.74, 6) is 0.674. The zero-order valence-electron chi connectivity index (χ0n) is 7.20. The van der Waals surface area contributed by atoms with E-state index in [0.717, 1.165) is 13.1 Å². The summed E-state index contributed by atoms with van der Waals surface area (Å²) in [5.41, 5.74) is 1.76. The summed E-state index contributed by atoms with van der Waals surface area (Å²) < 4.78 is 0. The van der Waals surface area contributed by atoms with Crippen LogP contribution >= 0.6 is 0 Å². The third-order valence-corrected chi connectivity index (χ3v) is 2.24. The fraction of sp³-hybridized carbons (Fsp3) is 0.778. The van der Waals surface area contributed by atoms with E-state index in [4.69, 9.17) is 0 Å². The van der Waals surface area contributed by atoms with Crippen molar-refractivity contribution in [2.24, 2.45) is 11.3 Å². The molecule has 1 heteroatoms. The smallest absolute Gasteiger partial charge is 0.0165 e. The summed E-state index contributed by atoms with van der Waals surface area (Å²) in [6.45, 7) is 13.0. The first kappa shape index (κ1) is 7.80. The van der Waals surface area contributed by atoms with Crippen LogP contribution in [-0.4, -0.2) is 13.1 Å². The van der Waals surface area contributed by atoms with E-state index in [1.807, 2.05) is 0 Å². The van der Waals surface area contributed by atoms with Gasteiger partial charge in [-0.05, 0) is 11.3 Å². The van der Waals surface area contributed by atoms with Gasteiger partial charge in [0, 0.05) is 13.1 Å². The molecule has 0 aromatic carbocycles. The van der Waals surface area contributed by atoms with Crippen LogP contribution in [-0.2, 0) is 0 Å². The van der Waals surface area contributed by atoms with Gasteiger partial charge in [0.2, 0.25) is 0 Å². The van der Waals surface area contributed by atoms with E-state index in [1.165, 1.54) is 5.57 Å². The van der Waals surface area contributed by atoms with Gasteiger partial charge in [0.1, 0.15) is 0 Å². The molecule has 0 aromatic rings. The van der Waals surface area contributed by atoms with Gasteiger partial charge >= 0.3 is 0 Å². The standard InChI is InChI=1S/C9H17N/c1-7-5-10-6-8(7)9(2,3)4/h8,10H,1,5-6H2,2-4H3. The molecule has 1 rings (SSSR count). The van der Waals surface area contributed by atoms with E-state index in [1.54, 1.807) is 0 Å². The van der Waals surface area contributed by atoms with Gasteiger partial charge in [-0.1, -0.05) is 32.9 Å². The third-order valence-electron chi connectivity index (χ3n) is 2.24. The quantitative estimate of drug-likeness (QED) is 0.505. The fourth-order valence-electron chi connectivity index (χ4n) is 1.56. The molecule has 1 nitrogen and oxygen atoms in total. The highest BCUT2D eigenvalue weighted by atomic mass is 14.9. The molecule has 1 unspecified atom stereocenters. The Balaban J connectivity index is 2.64. The van der Waals surface area contributed by atoms with Crippen LogP contribution in [0, 0.1) is 11.3 Å². The Kier molecular flexibility index (Phi) is 1.86. The average molecular weight is 139 g/mol. The molecule has 1 N–H and O–H groups in total. The van der Waals surface area contributed by atoms with E-state index < -0.39 is 0 Å². The number of nitrogens with one attached hydrogen (secondary N) is 1. The van der Waals surface area contributed by atoms with Crippen molar-refractivity contribution in [1.29, 1.82) is 0 Å². The molecular formula is C9H17N. The zero-order chi connectivity index (χ0) is 7.78. The molecule has 0 radical (unpaired) electrons. The lowest BCUT2D eigenvalue weighted by Gasteiger charge is -2.26. The van der Waals surface area contributed by atoms with Gasteiger partial charge in [0.15, 0.2) is 0 Å². The molecule has 0 saturated carbocycles. The molecule has 1 saturated heterocycles. The van der Waals surface area contributed by atoms with Crippen LogP contribution in [0.3, 0.4) is 0 Å². The van der Waals surface area contributed by atoms with Gasteiger partial charge in [0.05, 0.1) is 0 Å². The van der Waals surface area contributed by atoms with Crippen molar-refractivity contribution in [2.45, 2.75) is 20.8 Å². The molecule has 0 aliphatic carbocycles. The molecule has 1 atom stereocenters. The highest BCUT2D eigenvalue weighted by Gasteiger charge is 2.29. The van der Waals surface area contributed by atoms with E-state index >= 15 is 0 Å². The Morgan fingerprint density at radius 2 is 2.10 bits per heavy atom. The highest BCUT2D eigenvalue weighted by molar-refractivity contribution is 5.12. The second-order valence-corrected chi connectivity index (χ2v) is 4.21. The maximum Gasteiger partial charge on any atom is 0.0165 e. The SMILES string of the molecule is C=C1CNCC1C(C)(C)C. The molecule has 1 aliphatic heterocycles. The molecule has 10 heavy (non-hydrogen) atoms. The van der Waals surface area contributed by atoms with E-state index in [-0.39, 0.29) is 0 Å². The lowest BCUT2D eigenvalue weighted by molar-refractivity contribution is 0.298. The minimum Gasteiger partial charge on any atom is -0.312 e. The van der Waals surface area contributed by atoms with Crippen LogP contribution in [0.2, 0.25) is 0 Å². The van der Waals surface area contributed by atoms with Crippen LogP contribution in [0.25, 0.3) is 0 Å². The van der Waals surface area contributed by atoms with Crippen LogP contribution in [0.1, 0.15) is 20.8 Å². The molecule has 1 heterocycles. The third kappa shape index (κ3) is 1.40. The summed E-state index contributed by atoms with van der Waals surface area (Å²) >= 11 is 0. The predicted octanol–water partition coefficient (Wildman–Crippen LogP) is 1.81. The predicted molar refractivity (Wildman–Crippen MR) is 45.0 cm³/mol. The molecule has 1 aliphatic rings. The molecule has 1 fully saturated rings. The average Bonchev–Trinajstić information content (AvgIpc) is 2.11. The van der Waals surface area contributed by atoms with Crippen molar-refractivity contribution in [3.63, 3.8) is 0 Å². The molecule has 0 aromatic heterocycles. The second-order valence-electron chi connectivity index (χ2n) is 4.21. The van der Waals surface area contributed by atoms with Gasteiger partial charge in [0.25, 0.3) is 0 Å². The number of hydrogen-bond donors (Lipinski definition) is 1. The van der Waals surface area contributed by atoms with Gasteiger partial charge in [-0.2, -0.15) is 0 Å². The van der Waals surface area contributed by atoms with Gasteiger partial charge in [-0.15, -0.1) is 0 Å². The molecule has 0 spiro atoms. The van der Waals surface area contributed by atoms with Crippen LogP contribution in [0.4, 0.5) is 0 Å². The maximum atomic E-state index is 4.04. The Morgan fingerprint density at radius 1 is 1.50 bits per heavy atom. The van der Waals surface area contributed by atoms with Crippen molar-refractivity contribution >= 4 is 0 Å². The topological polar surface area (TPSA) is 12.0 Å². The highest BCUT2D eigenvalue weighted by Crippen LogP contribution is 2.32. The second kappa shape index (κ2) is 2.39. The van der Waals surface area contributed by atoms with Gasteiger partial charge in [-0.25, -0.2) is 0 Å². The van der Waals surface area contributed by atoms with Crippen LogP contribution < -0.4 is 5.32 Å². The lowest BCUT2D eigenvalue weighted by atomic mass is 9.78. The monoisotopic (exact) mass is 139 g/mol. The summed E-state index contributed by atoms with van der Waals surface area (Å²) in [5, 5.41) is 3.33. The largest absolute Gasteiger partial charge is 0.312 e. The minimum absolute atomic E-state index is 0.389. The van der Waals surface area contributed by atoms with Crippen molar-refractivity contribution in [3.05, 3.63) is 12.2 Å². The molecule has 0 bridgehead atoms. The van der Waals surface area contributed by atoms with E-state index in [0.29, 0.717) is 11.3 Å². The number of hydrogen-bond acceptors (Lipinski definition) is 1. The minimum atomic E-state index is 0.389. The van der Waals surface area contributed by atoms with E-state index in [9.17, 15) is 0 Å². The molecular weight excluding hydrogens is 122 g/mol. The van der Waals surface area contributed by atoms with E-state index in [2.05, 4.69) is 32.7 Å². The Hall–Kier alpha value is -0.300.